The number of aromatic nitrogens is 1. The van der Waals surface area contributed by atoms with Gasteiger partial charge in [-0.05, 0) is 30.3 Å². The first kappa shape index (κ1) is 13.8. The average Bonchev–Trinajstić information content (AvgIpc) is 2.40. The SMILES string of the molecule is COC(=O)c1cc(Cl)nc(Oc2ccc(Br)cc2)c1. The maximum atomic E-state index is 11.4. The van der Waals surface area contributed by atoms with Crippen molar-refractivity contribution in [2.75, 3.05) is 7.11 Å². The molecule has 0 amide bonds. The van der Waals surface area contributed by atoms with Crippen LogP contribution in [-0.4, -0.2) is 18.1 Å². The third-order valence-electron chi connectivity index (χ3n) is 2.23. The summed E-state index contributed by atoms with van der Waals surface area (Å²) < 4.78 is 11.1. The van der Waals surface area contributed by atoms with Crippen LogP contribution in [0.4, 0.5) is 0 Å². The van der Waals surface area contributed by atoms with E-state index in [1.54, 1.807) is 12.1 Å². The van der Waals surface area contributed by atoms with Gasteiger partial charge in [-0.3, -0.25) is 0 Å². The molecule has 0 bridgehead atoms. The van der Waals surface area contributed by atoms with Gasteiger partial charge in [-0.25, -0.2) is 9.78 Å². The zero-order valence-electron chi connectivity index (χ0n) is 9.89. The van der Waals surface area contributed by atoms with Crippen molar-refractivity contribution >= 4 is 33.5 Å². The fourth-order valence-corrected chi connectivity index (χ4v) is 1.85. The van der Waals surface area contributed by atoms with Crippen molar-refractivity contribution in [3.8, 4) is 11.6 Å². The topological polar surface area (TPSA) is 48.4 Å². The third-order valence-corrected chi connectivity index (χ3v) is 2.95. The Morgan fingerprint density at radius 3 is 2.58 bits per heavy atom. The van der Waals surface area contributed by atoms with Gasteiger partial charge in [-0.2, -0.15) is 0 Å². The average molecular weight is 343 g/mol. The highest BCUT2D eigenvalue weighted by Gasteiger charge is 2.10. The highest BCUT2D eigenvalue weighted by molar-refractivity contribution is 9.10. The lowest BCUT2D eigenvalue weighted by Gasteiger charge is -2.07. The van der Waals surface area contributed by atoms with E-state index in [1.807, 2.05) is 12.1 Å². The molecule has 0 atom stereocenters. The summed E-state index contributed by atoms with van der Waals surface area (Å²) in [6, 6.07) is 10.1. The predicted octanol–water partition coefficient (Wildman–Crippen LogP) is 4.08. The van der Waals surface area contributed by atoms with Gasteiger partial charge in [-0.15, -0.1) is 0 Å². The van der Waals surface area contributed by atoms with E-state index in [0.717, 1.165) is 4.47 Å². The summed E-state index contributed by atoms with van der Waals surface area (Å²) in [6.07, 6.45) is 0. The molecule has 0 aliphatic rings. The van der Waals surface area contributed by atoms with Crippen LogP contribution in [0, 0.1) is 0 Å². The minimum atomic E-state index is -0.495. The smallest absolute Gasteiger partial charge is 0.338 e. The lowest BCUT2D eigenvalue weighted by atomic mass is 10.3. The van der Waals surface area contributed by atoms with Gasteiger partial charge in [0.2, 0.25) is 5.88 Å². The lowest BCUT2D eigenvalue weighted by Crippen LogP contribution is -2.02. The van der Waals surface area contributed by atoms with Crippen molar-refractivity contribution in [2.24, 2.45) is 0 Å². The van der Waals surface area contributed by atoms with E-state index < -0.39 is 5.97 Å². The van der Waals surface area contributed by atoms with E-state index in [0.29, 0.717) is 5.75 Å². The summed E-state index contributed by atoms with van der Waals surface area (Å²) in [4.78, 5) is 15.4. The van der Waals surface area contributed by atoms with Gasteiger partial charge in [0.25, 0.3) is 0 Å². The Balaban J connectivity index is 2.27. The molecule has 0 N–H and O–H groups in total. The number of nitrogens with zero attached hydrogens (tertiary/aromatic N) is 1. The van der Waals surface area contributed by atoms with Gasteiger partial charge < -0.3 is 9.47 Å². The number of carbonyl (C=O) groups excluding carboxylic acids is 1. The van der Waals surface area contributed by atoms with Gasteiger partial charge in [-0.1, -0.05) is 27.5 Å². The number of hydrogen-bond donors (Lipinski definition) is 0. The molecule has 0 aliphatic heterocycles. The summed E-state index contributed by atoms with van der Waals surface area (Å²) in [6.45, 7) is 0. The molecule has 0 spiro atoms. The van der Waals surface area contributed by atoms with Gasteiger partial charge in [0.1, 0.15) is 10.9 Å². The molecular formula is C13H9BrClNO3. The summed E-state index contributed by atoms with van der Waals surface area (Å²) in [5.74, 6) is 0.328. The van der Waals surface area contributed by atoms with E-state index in [2.05, 4.69) is 25.7 Å². The van der Waals surface area contributed by atoms with Crippen LogP contribution in [0.15, 0.2) is 40.9 Å². The second-order valence-electron chi connectivity index (χ2n) is 3.56. The van der Waals surface area contributed by atoms with Gasteiger partial charge in [0.05, 0.1) is 12.7 Å². The molecule has 19 heavy (non-hydrogen) atoms. The van der Waals surface area contributed by atoms with Crippen molar-refractivity contribution in [3.63, 3.8) is 0 Å². The van der Waals surface area contributed by atoms with Gasteiger partial charge >= 0.3 is 5.97 Å². The highest BCUT2D eigenvalue weighted by atomic mass is 79.9. The van der Waals surface area contributed by atoms with Crippen LogP contribution < -0.4 is 4.74 Å². The minimum Gasteiger partial charge on any atom is -0.465 e. The quantitative estimate of drug-likeness (QED) is 0.623. The second kappa shape index (κ2) is 6.04. The first-order valence-electron chi connectivity index (χ1n) is 5.28. The van der Waals surface area contributed by atoms with Crippen LogP contribution in [0.25, 0.3) is 0 Å². The van der Waals surface area contributed by atoms with E-state index in [9.17, 15) is 4.79 Å². The van der Waals surface area contributed by atoms with Crippen LogP contribution >= 0.6 is 27.5 Å². The van der Waals surface area contributed by atoms with Crippen LogP contribution in [0.3, 0.4) is 0 Å². The van der Waals surface area contributed by atoms with E-state index in [-0.39, 0.29) is 16.6 Å². The van der Waals surface area contributed by atoms with E-state index in [4.69, 9.17) is 16.3 Å². The monoisotopic (exact) mass is 341 g/mol. The van der Waals surface area contributed by atoms with Crippen molar-refractivity contribution in [2.45, 2.75) is 0 Å². The first-order valence-corrected chi connectivity index (χ1v) is 6.45. The number of ether oxygens (including phenoxy) is 2. The molecule has 1 aromatic heterocycles. The largest absolute Gasteiger partial charge is 0.465 e. The van der Waals surface area contributed by atoms with Crippen LogP contribution in [0.1, 0.15) is 10.4 Å². The molecule has 98 valence electrons. The highest BCUT2D eigenvalue weighted by Crippen LogP contribution is 2.24. The summed E-state index contributed by atoms with van der Waals surface area (Å²) in [5.41, 5.74) is 0.287. The second-order valence-corrected chi connectivity index (χ2v) is 4.87. The summed E-state index contributed by atoms with van der Waals surface area (Å²) in [5, 5.41) is 0.162. The van der Waals surface area contributed by atoms with E-state index in [1.165, 1.54) is 19.2 Å². The normalized spacial score (nSPS) is 10.1. The van der Waals surface area contributed by atoms with Crippen molar-refractivity contribution in [3.05, 3.63) is 51.6 Å². The maximum Gasteiger partial charge on any atom is 0.338 e. The first-order chi connectivity index (χ1) is 9.08. The predicted molar refractivity (Wildman–Crippen MR) is 74.8 cm³/mol. The van der Waals surface area contributed by atoms with Crippen LogP contribution in [0.5, 0.6) is 11.6 Å². The molecule has 1 aromatic carbocycles. The molecule has 0 saturated heterocycles. The molecule has 0 saturated carbocycles. The lowest BCUT2D eigenvalue weighted by molar-refractivity contribution is 0.0600. The zero-order chi connectivity index (χ0) is 13.8. The molecule has 2 rings (SSSR count). The molecule has 0 aliphatic carbocycles. The third kappa shape index (κ3) is 3.68. The molecular weight excluding hydrogens is 334 g/mol. The molecule has 1 heterocycles. The van der Waals surface area contributed by atoms with Crippen LogP contribution in [-0.2, 0) is 4.74 Å². The molecule has 2 aromatic rings. The van der Waals surface area contributed by atoms with Gasteiger partial charge in [0.15, 0.2) is 0 Å². The Morgan fingerprint density at radius 1 is 1.26 bits per heavy atom. The molecule has 0 radical (unpaired) electrons. The maximum absolute atomic E-state index is 11.4. The Hall–Kier alpha value is -1.59. The Kier molecular flexibility index (Phi) is 4.39. The van der Waals surface area contributed by atoms with Crippen molar-refractivity contribution < 1.29 is 14.3 Å². The minimum absolute atomic E-state index is 0.162. The number of carbonyl (C=O) groups is 1. The standard InChI is InChI=1S/C13H9BrClNO3/c1-18-13(17)8-6-11(15)16-12(7-8)19-10-4-2-9(14)3-5-10/h2-7H,1H3. The number of pyridine rings is 1. The number of hydrogen-bond acceptors (Lipinski definition) is 4. The molecule has 0 fully saturated rings. The fourth-order valence-electron chi connectivity index (χ4n) is 1.38. The molecule has 6 heteroatoms. The summed E-state index contributed by atoms with van der Waals surface area (Å²) >= 11 is 9.17. The number of methoxy groups -OCH3 is 1. The van der Waals surface area contributed by atoms with E-state index >= 15 is 0 Å². The Bertz CT molecular complexity index is 601. The number of rotatable bonds is 3. The van der Waals surface area contributed by atoms with Crippen LogP contribution in [0.2, 0.25) is 5.15 Å². The Labute approximate surface area is 123 Å². The molecule has 4 nitrogen and oxygen atoms in total. The number of benzene rings is 1. The Morgan fingerprint density at radius 2 is 1.95 bits per heavy atom. The molecule has 0 unspecified atom stereocenters. The van der Waals surface area contributed by atoms with Crippen molar-refractivity contribution in [1.82, 2.24) is 4.98 Å². The zero-order valence-corrected chi connectivity index (χ0v) is 12.2. The summed E-state index contributed by atoms with van der Waals surface area (Å²) in [7, 11) is 1.30. The van der Waals surface area contributed by atoms with Crippen molar-refractivity contribution in [1.29, 1.82) is 0 Å². The van der Waals surface area contributed by atoms with Gasteiger partial charge in [0, 0.05) is 10.5 Å². The number of esters is 1. The fraction of sp³-hybridized carbons (Fsp3) is 0.0769. The number of halogens is 2.